The maximum atomic E-state index is 11.2. The molecule has 0 saturated carbocycles. The fourth-order valence-corrected chi connectivity index (χ4v) is 2.14. The molecule has 9 nitrogen and oxygen atoms in total. The second-order valence-electron chi connectivity index (χ2n) is 4.95. The molecule has 1 amide bonds. The number of benzene rings is 1. The molecule has 0 bridgehead atoms. The van der Waals surface area contributed by atoms with Gasteiger partial charge in [-0.2, -0.15) is 4.68 Å². The molecule has 0 aliphatic carbocycles. The number of carboxylic acid groups (broad SMARTS) is 1. The smallest absolute Gasteiger partial charge is 0.402 e. The fraction of sp³-hybridized carbons (Fsp3) is 0.214. The van der Waals surface area contributed by atoms with Gasteiger partial charge in [0, 0.05) is 0 Å². The van der Waals surface area contributed by atoms with Crippen LogP contribution in [0.3, 0.4) is 0 Å². The van der Waals surface area contributed by atoms with Crippen molar-refractivity contribution in [3.05, 3.63) is 56.8 Å². The molecular formula is C14H14N4O5. The van der Waals surface area contributed by atoms with Crippen molar-refractivity contribution in [1.29, 1.82) is 0 Å². The summed E-state index contributed by atoms with van der Waals surface area (Å²) in [6.07, 6.45) is 1.63. The fourth-order valence-electron chi connectivity index (χ4n) is 2.14. The van der Waals surface area contributed by atoms with Gasteiger partial charge in [0.25, 0.3) is 5.91 Å². The molecule has 120 valence electrons. The monoisotopic (exact) mass is 318 g/mol. The Kier molecular flexibility index (Phi) is 4.39. The molecule has 3 N–H and O–H groups in total. The van der Waals surface area contributed by atoms with Gasteiger partial charge in [-0.1, -0.05) is 6.07 Å². The number of primary amides is 1. The quantitative estimate of drug-likeness (QED) is 0.604. The number of amides is 1. The summed E-state index contributed by atoms with van der Waals surface area (Å²) >= 11 is 0. The first-order chi connectivity index (χ1) is 10.8. The Bertz CT molecular complexity index is 765. The minimum atomic E-state index is -1.03. The lowest BCUT2D eigenvalue weighted by Crippen LogP contribution is -2.11. The first kappa shape index (κ1) is 16.1. The van der Waals surface area contributed by atoms with Crippen molar-refractivity contribution in [2.24, 2.45) is 5.73 Å². The van der Waals surface area contributed by atoms with Crippen LogP contribution in [0, 0.1) is 17.0 Å². The predicted octanol–water partition coefficient (Wildman–Crippen LogP) is 1.14. The Hall–Kier alpha value is -3.23. The number of nitro groups is 1. The first-order valence-corrected chi connectivity index (χ1v) is 6.64. The number of aromatic carboxylic acids is 1. The SMILES string of the molecule is Cc1ccc(C(=O)O)cc1CCn1cc(C(N)=O)c([N+](=O)[O-])n1. The highest BCUT2D eigenvalue weighted by Gasteiger charge is 2.24. The summed E-state index contributed by atoms with van der Waals surface area (Å²) < 4.78 is 1.26. The van der Waals surface area contributed by atoms with E-state index >= 15 is 0 Å². The predicted molar refractivity (Wildman–Crippen MR) is 79.2 cm³/mol. The van der Waals surface area contributed by atoms with Crippen molar-refractivity contribution in [3.8, 4) is 0 Å². The molecular weight excluding hydrogens is 304 g/mol. The van der Waals surface area contributed by atoms with Crippen LogP contribution in [0.1, 0.15) is 31.8 Å². The lowest BCUT2D eigenvalue weighted by Gasteiger charge is -2.06. The van der Waals surface area contributed by atoms with E-state index in [1.165, 1.54) is 16.9 Å². The second-order valence-corrected chi connectivity index (χ2v) is 4.95. The van der Waals surface area contributed by atoms with Crippen LogP contribution in [0.2, 0.25) is 0 Å². The summed E-state index contributed by atoms with van der Waals surface area (Å²) in [5.74, 6) is -2.54. The lowest BCUT2D eigenvalue weighted by atomic mass is 10.0. The van der Waals surface area contributed by atoms with E-state index in [0.717, 1.165) is 11.1 Å². The molecule has 2 rings (SSSR count). The third-order valence-corrected chi connectivity index (χ3v) is 3.39. The van der Waals surface area contributed by atoms with Gasteiger partial charge in [-0.3, -0.25) is 4.79 Å². The van der Waals surface area contributed by atoms with E-state index in [-0.39, 0.29) is 17.7 Å². The van der Waals surface area contributed by atoms with Gasteiger partial charge in [-0.05, 0) is 41.5 Å². The second kappa shape index (κ2) is 6.26. The molecule has 2 aromatic rings. The Labute approximate surface area is 130 Å². The molecule has 0 aliphatic rings. The topological polar surface area (TPSA) is 141 Å². The number of carbonyl (C=O) groups excluding carboxylic acids is 1. The third-order valence-electron chi connectivity index (χ3n) is 3.39. The zero-order chi connectivity index (χ0) is 17.1. The van der Waals surface area contributed by atoms with E-state index in [4.69, 9.17) is 10.8 Å². The standard InChI is InChI=1S/C14H14N4O5/c1-8-2-3-10(14(20)21)6-9(8)4-5-17-7-11(12(15)19)13(16-17)18(22)23/h2-3,6-7H,4-5H2,1H3,(H2,15,19)(H,20,21). The summed E-state index contributed by atoms with van der Waals surface area (Å²) in [5.41, 5.74) is 6.67. The average Bonchev–Trinajstić information content (AvgIpc) is 2.91. The number of nitrogens with zero attached hydrogens (tertiary/aromatic N) is 3. The van der Waals surface area contributed by atoms with Crippen LogP contribution in [0.25, 0.3) is 0 Å². The van der Waals surface area contributed by atoms with Crippen molar-refractivity contribution in [3.63, 3.8) is 0 Å². The van der Waals surface area contributed by atoms with Crippen molar-refractivity contribution < 1.29 is 19.6 Å². The normalized spacial score (nSPS) is 10.5. The maximum absolute atomic E-state index is 11.2. The van der Waals surface area contributed by atoms with Gasteiger partial charge in [0.05, 0.1) is 23.4 Å². The van der Waals surface area contributed by atoms with E-state index in [2.05, 4.69) is 5.10 Å². The Morgan fingerprint density at radius 3 is 2.65 bits per heavy atom. The van der Waals surface area contributed by atoms with Crippen molar-refractivity contribution in [2.75, 3.05) is 0 Å². The Morgan fingerprint density at radius 1 is 1.43 bits per heavy atom. The molecule has 23 heavy (non-hydrogen) atoms. The molecule has 0 saturated heterocycles. The van der Waals surface area contributed by atoms with Crippen molar-refractivity contribution >= 4 is 17.7 Å². The molecule has 0 aliphatic heterocycles. The van der Waals surface area contributed by atoms with Crippen molar-refractivity contribution in [1.82, 2.24) is 9.78 Å². The molecule has 0 radical (unpaired) electrons. The van der Waals surface area contributed by atoms with Gasteiger partial charge >= 0.3 is 11.8 Å². The van der Waals surface area contributed by atoms with Gasteiger partial charge in [0.1, 0.15) is 0 Å². The number of aromatic nitrogens is 2. The summed E-state index contributed by atoms with van der Waals surface area (Å²) in [5, 5.41) is 23.6. The zero-order valence-electron chi connectivity index (χ0n) is 12.2. The van der Waals surface area contributed by atoms with E-state index in [0.29, 0.717) is 6.42 Å². The third kappa shape index (κ3) is 3.51. The number of carboxylic acids is 1. The highest BCUT2D eigenvalue weighted by molar-refractivity contribution is 5.95. The van der Waals surface area contributed by atoms with Crippen LogP contribution in [0.15, 0.2) is 24.4 Å². The molecule has 1 heterocycles. The van der Waals surface area contributed by atoms with Crippen LogP contribution in [-0.4, -0.2) is 31.7 Å². The number of rotatable bonds is 6. The highest BCUT2D eigenvalue weighted by Crippen LogP contribution is 2.17. The van der Waals surface area contributed by atoms with Gasteiger partial charge in [0.15, 0.2) is 5.56 Å². The summed E-state index contributed by atoms with van der Waals surface area (Å²) in [4.78, 5) is 32.3. The van der Waals surface area contributed by atoms with Crippen molar-refractivity contribution in [2.45, 2.75) is 19.9 Å². The van der Waals surface area contributed by atoms with E-state index in [1.54, 1.807) is 12.1 Å². The van der Waals surface area contributed by atoms with E-state index in [9.17, 15) is 19.7 Å². The molecule has 1 aromatic carbocycles. The minimum absolute atomic E-state index is 0.162. The lowest BCUT2D eigenvalue weighted by molar-refractivity contribution is -0.390. The summed E-state index contributed by atoms with van der Waals surface area (Å²) in [6, 6.07) is 4.74. The van der Waals surface area contributed by atoms with Gasteiger partial charge < -0.3 is 21.0 Å². The molecule has 0 spiro atoms. The number of carbonyl (C=O) groups is 2. The average molecular weight is 318 g/mol. The maximum Gasteiger partial charge on any atom is 0.402 e. The molecule has 1 aromatic heterocycles. The minimum Gasteiger partial charge on any atom is -0.478 e. The largest absolute Gasteiger partial charge is 0.478 e. The molecule has 0 atom stereocenters. The highest BCUT2D eigenvalue weighted by atomic mass is 16.6. The molecule has 9 heteroatoms. The number of nitrogens with two attached hydrogens (primary N) is 1. The molecule has 0 fully saturated rings. The van der Waals surface area contributed by atoms with Gasteiger partial charge in [-0.15, -0.1) is 0 Å². The van der Waals surface area contributed by atoms with E-state index < -0.39 is 22.6 Å². The van der Waals surface area contributed by atoms with Crippen LogP contribution in [0.5, 0.6) is 0 Å². The van der Waals surface area contributed by atoms with Crippen LogP contribution < -0.4 is 5.73 Å². The number of hydrogen-bond donors (Lipinski definition) is 2. The van der Waals surface area contributed by atoms with Gasteiger partial charge in [0.2, 0.25) is 0 Å². The van der Waals surface area contributed by atoms with Crippen LogP contribution in [-0.2, 0) is 13.0 Å². The Morgan fingerprint density at radius 2 is 2.13 bits per heavy atom. The number of aryl methyl sites for hydroxylation is 3. The summed E-state index contributed by atoms with van der Waals surface area (Å²) in [6.45, 7) is 2.08. The first-order valence-electron chi connectivity index (χ1n) is 6.64. The van der Waals surface area contributed by atoms with Crippen LogP contribution in [0.4, 0.5) is 5.82 Å². The van der Waals surface area contributed by atoms with E-state index in [1.807, 2.05) is 6.92 Å². The zero-order valence-corrected chi connectivity index (χ0v) is 12.2. The van der Waals surface area contributed by atoms with Crippen LogP contribution >= 0.6 is 0 Å². The number of hydrogen-bond acceptors (Lipinski definition) is 5. The molecule has 0 unspecified atom stereocenters. The Balaban J connectivity index is 2.23. The van der Waals surface area contributed by atoms with Gasteiger partial charge in [-0.25, -0.2) is 4.79 Å². The summed E-state index contributed by atoms with van der Waals surface area (Å²) in [7, 11) is 0.